The summed E-state index contributed by atoms with van der Waals surface area (Å²) in [5, 5.41) is 29.7. The maximum atomic E-state index is 11.6. The Morgan fingerprint density at radius 2 is 1.16 bits per heavy atom. The van der Waals surface area contributed by atoms with Crippen molar-refractivity contribution in [2.75, 3.05) is 23.1 Å². The van der Waals surface area contributed by atoms with Crippen molar-refractivity contribution in [2.45, 2.75) is 61.2 Å². The van der Waals surface area contributed by atoms with E-state index in [1.54, 1.807) is 36.7 Å². The van der Waals surface area contributed by atoms with Gasteiger partial charge in [-0.2, -0.15) is 10.2 Å². The smallest absolute Gasteiger partial charge is 0.326 e. The first-order valence-corrected chi connectivity index (χ1v) is 21.4. The summed E-state index contributed by atoms with van der Waals surface area (Å²) >= 11 is 5.76. The third kappa shape index (κ3) is 11.4. The lowest BCUT2D eigenvalue weighted by Gasteiger charge is -2.08. The van der Waals surface area contributed by atoms with Gasteiger partial charge in [0.1, 0.15) is 11.6 Å². The van der Waals surface area contributed by atoms with Gasteiger partial charge in [0, 0.05) is 77.0 Å². The quantitative estimate of drug-likeness (QED) is 0.0945. The molecule has 0 bridgehead atoms. The van der Waals surface area contributed by atoms with Crippen molar-refractivity contribution in [2.24, 2.45) is 0 Å². The number of nitrogens with zero attached hydrogens (tertiary/aromatic N) is 6. The van der Waals surface area contributed by atoms with Gasteiger partial charge in [-0.3, -0.25) is 10.2 Å². The highest BCUT2D eigenvalue weighted by Gasteiger charge is 2.26. The van der Waals surface area contributed by atoms with Crippen molar-refractivity contribution < 1.29 is 27.3 Å². The fourth-order valence-corrected chi connectivity index (χ4v) is 6.55. The predicted octanol–water partition coefficient (Wildman–Crippen LogP) is 4.48. The lowest BCUT2D eigenvalue weighted by atomic mass is 9.89. The third-order valence-corrected chi connectivity index (χ3v) is 11.1. The molecule has 6 aromatic rings. The van der Waals surface area contributed by atoms with E-state index in [1.165, 1.54) is 61.9 Å². The highest BCUT2D eigenvalue weighted by molar-refractivity contribution is 7.91. The Labute approximate surface area is 330 Å². The number of anilines is 4. The summed E-state index contributed by atoms with van der Waals surface area (Å²) in [7, 11) is -5.42. The Hall–Kier alpha value is -5.21. The Balaban J connectivity index is 0.000000173. The summed E-state index contributed by atoms with van der Waals surface area (Å²) < 4.78 is 45.1. The topological polar surface area (TPSA) is 253 Å². The Morgan fingerprint density at radius 1 is 0.714 bits per heavy atom. The molecule has 16 nitrogen and oxygen atoms in total. The average Bonchev–Trinajstić information content (AvgIpc) is 4.10. The van der Waals surface area contributed by atoms with Gasteiger partial charge in [0.2, 0.25) is 5.28 Å². The van der Waals surface area contributed by atoms with E-state index in [9.17, 15) is 16.8 Å². The number of benzene rings is 2. The molecular formula is C36H41BClN10O6S2. The fraction of sp³-hybridized carbons (Fsp3) is 0.278. The van der Waals surface area contributed by atoms with E-state index in [0.29, 0.717) is 34.8 Å². The number of halogens is 1. The number of sulfone groups is 2. The zero-order valence-electron chi connectivity index (χ0n) is 30.9. The van der Waals surface area contributed by atoms with Gasteiger partial charge >= 0.3 is 7.48 Å². The second-order valence-electron chi connectivity index (χ2n) is 13.4. The van der Waals surface area contributed by atoms with E-state index in [4.69, 9.17) is 16.6 Å². The predicted molar refractivity (Wildman–Crippen MR) is 216 cm³/mol. The Bertz CT molecular complexity index is 2490. The van der Waals surface area contributed by atoms with Gasteiger partial charge in [-0.25, -0.2) is 36.8 Å². The molecule has 20 heteroatoms. The van der Waals surface area contributed by atoms with E-state index < -0.39 is 19.7 Å². The number of nitrogens with one attached hydrogen (secondary N) is 4. The molecule has 2 aromatic carbocycles. The molecule has 4 heterocycles. The molecule has 1 radical (unpaired) electrons. The first-order valence-electron chi connectivity index (χ1n) is 17.2. The van der Waals surface area contributed by atoms with Crippen LogP contribution >= 0.6 is 11.6 Å². The molecule has 0 atom stereocenters. The molecule has 2 aliphatic rings. The van der Waals surface area contributed by atoms with Gasteiger partial charge in [-0.1, -0.05) is 17.6 Å². The molecule has 0 unspecified atom stereocenters. The SMILES string of the molecule is CS(=O)(=O)c1ccc([B]O)cc1.Cc1cnc(-c2ccc(S(C)(=O)=O)cc2)nc1Nc1cc(C2CC2)[nH]n1.Cc1cnc(Cl)nc1Nc1cc(C2CC2)[nH]n1.O. The summed E-state index contributed by atoms with van der Waals surface area (Å²) in [5.41, 5.74) is 5.51. The molecule has 2 fully saturated rings. The van der Waals surface area contributed by atoms with E-state index in [1.807, 2.05) is 26.0 Å². The number of aromatic nitrogens is 8. The Morgan fingerprint density at radius 3 is 1.61 bits per heavy atom. The zero-order valence-corrected chi connectivity index (χ0v) is 33.3. The lowest BCUT2D eigenvalue weighted by molar-refractivity contribution is 0.600. The Kier molecular flexibility index (Phi) is 13.3. The van der Waals surface area contributed by atoms with Crippen LogP contribution in [0, 0.1) is 13.8 Å². The van der Waals surface area contributed by atoms with E-state index in [-0.39, 0.29) is 20.6 Å². The van der Waals surface area contributed by atoms with Gasteiger partial charge in [0.05, 0.1) is 9.79 Å². The molecule has 8 rings (SSSR count). The fourth-order valence-electron chi connectivity index (χ4n) is 5.16. The lowest BCUT2D eigenvalue weighted by Crippen LogP contribution is -2.13. The standard InChI is InChI=1S/C18H19N5O2S.C11H12ClN5.C7H8BO3S.H2O/c1-11-10-19-18(13-5-7-14(8-6-13)26(2,24)25)21-17(11)20-16-9-15(22-23-16)12-3-4-12;1-6-5-13-11(12)15-10(6)14-9-4-8(16-17-9)7-2-3-7;1-12(10,11)7-4-2-6(8-9)3-5-7;/h5-10,12H,3-4H2,1-2H3,(H2,19,20,21,22,23);4-5,7H,2-3H2,1H3,(H2,13,14,15,16,17);2-5,9H,1H3;1H2. The first-order chi connectivity index (χ1) is 26.2. The van der Waals surface area contributed by atoms with Crippen molar-refractivity contribution in [3.05, 3.63) is 101 Å². The molecule has 293 valence electrons. The van der Waals surface area contributed by atoms with Gasteiger partial charge in [-0.15, -0.1) is 0 Å². The number of hydrogen-bond donors (Lipinski definition) is 5. The maximum Gasteiger partial charge on any atom is 0.326 e. The van der Waals surface area contributed by atoms with Crippen molar-refractivity contribution in [3.8, 4) is 11.4 Å². The van der Waals surface area contributed by atoms with Crippen LogP contribution in [-0.2, 0) is 19.7 Å². The summed E-state index contributed by atoms with van der Waals surface area (Å²) in [4.78, 5) is 17.5. The zero-order chi connectivity index (χ0) is 39.3. The van der Waals surface area contributed by atoms with Crippen LogP contribution in [0.15, 0.2) is 82.8 Å². The molecule has 4 aromatic heterocycles. The number of aromatic amines is 2. The van der Waals surface area contributed by atoms with Gasteiger partial charge < -0.3 is 21.1 Å². The summed E-state index contributed by atoms with van der Waals surface area (Å²) in [6, 6.07) is 16.6. The summed E-state index contributed by atoms with van der Waals surface area (Å²) in [6.07, 6.45) is 10.7. The van der Waals surface area contributed by atoms with E-state index >= 15 is 0 Å². The molecule has 2 aliphatic carbocycles. The average molecular weight is 820 g/mol. The minimum Gasteiger partial charge on any atom is -0.450 e. The van der Waals surface area contributed by atoms with Crippen LogP contribution in [0.5, 0.6) is 0 Å². The van der Waals surface area contributed by atoms with Crippen LogP contribution in [0.3, 0.4) is 0 Å². The van der Waals surface area contributed by atoms with Crippen molar-refractivity contribution in [1.29, 1.82) is 0 Å². The van der Waals surface area contributed by atoms with Gasteiger partial charge in [-0.05, 0) is 87.5 Å². The molecule has 56 heavy (non-hydrogen) atoms. The summed E-state index contributed by atoms with van der Waals surface area (Å²) in [6.45, 7) is 3.85. The minimum absolute atomic E-state index is 0. The normalized spacial score (nSPS) is 13.6. The minimum atomic E-state index is -3.22. The second-order valence-corrected chi connectivity index (χ2v) is 17.7. The molecule has 0 amide bonds. The molecule has 0 saturated heterocycles. The van der Waals surface area contributed by atoms with Crippen molar-refractivity contribution in [3.63, 3.8) is 0 Å². The number of rotatable bonds is 10. The van der Waals surface area contributed by atoms with Crippen LogP contribution in [0.2, 0.25) is 5.28 Å². The van der Waals surface area contributed by atoms with Crippen LogP contribution in [-0.4, -0.2) is 87.7 Å². The highest BCUT2D eigenvalue weighted by Crippen LogP contribution is 2.40. The van der Waals surface area contributed by atoms with E-state index in [0.717, 1.165) is 47.8 Å². The maximum absolute atomic E-state index is 11.6. The number of H-pyrrole nitrogens is 2. The second kappa shape index (κ2) is 17.7. The molecular weight excluding hydrogens is 779 g/mol. The number of aryl methyl sites for hydroxylation is 2. The largest absolute Gasteiger partial charge is 0.450 e. The van der Waals surface area contributed by atoms with Crippen molar-refractivity contribution in [1.82, 2.24) is 40.3 Å². The van der Waals surface area contributed by atoms with Crippen LogP contribution in [0.25, 0.3) is 11.4 Å². The monoisotopic (exact) mass is 819 g/mol. The van der Waals surface area contributed by atoms with E-state index in [2.05, 4.69) is 51.0 Å². The first kappa shape index (κ1) is 41.9. The molecule has 0 spiro atoms. The van der Waals surface area contributed by atoms with Gasteiger partial charge in [0.15, 0.2) is 37.1 Å². The van der Waals surface area contributed by atoms with Crippen LogP contribution in [0.4, 0.5) is 23.3 Å². The van der Waals surface area contributed by atoms with Crippen LogP contribution in [0.1, 0.15) is 60.0 Å². The van der Waals surface area contributed by atoms with Crippen molar-refractivity contribution >= 4 is 67.5 Å². The summed E-state index contributed by atoms with van der Waals surface area (Å²) in [5.74, 6) is 4.66. The molecule has 2 saturated carbocycles. The molecule has 7 N–H and O–H groups in total. The van der Waals surface area contributed by atoms with Crippen LogP contribution < -0.4 is 16.1 Å². The molecule has 0 aliphatic heterocycles. The highest BCUT2D eigenvalue weighted by atomic mass is 35.5. The third-order valence-electron chi connectivity index (χ3n) is 8.63. The van der Waals surface area contributed by atoms with Gasteiger partial charge in [0.25, 0.3) is 0 Å². The number of hydrogen-bond acceptors (Lipinski definition) is 13.